The summed E-state index contributed by atoms with van der Waals surface area (Å²) in [4.78, 5) is 14.5. The number of aliphatic hydroxyl groups excluding tert-OH is 1. The van der Waals surface area contributed by atoms with Crippen LogP contribution in [0, 0.1) is 21.6 Å². The number of hydrogen-bond donors (Lipinski definition) is 3. The molecule has 0 aromatic heterocycles. The van der Waals surface area contributed by atoms with Gasteiger partial charge in [0.15, 0.2) is 5.60 Å². The maximum atomic E-state index is 11.3. The van der Waals surface area contributed by atoms with Crippen LogP contribution in [-0.4, -0.2) is 41.4 Å². The monoisotopic (exact) mass is 445 g/mol. The predicted molar refractivity (Wildman–Crippen MR) is 114 cm³/mol. The SMILES string of the molecule is COC[C@@]1(C)Oc2ccc([N+](=O)[O-])cc2[C@H](NC(=NC#N)Nc2ccc(Cl)cc2)[C@H]1O. The number of anilines is 1. The Kier molecular flexibility index (Phi) is 6.60. The van der Waals surface area contributed by atoms with Crippen molar-refractivity contribution in [2.24, 2.45) is 4.99 Å². The van der Waals surface area contributed by atoms with E-state index in [2.05, 4.69) is 15.6 Å². The number of ether oxygens (including phenoxy) is 2. The van der Waals surface area contributed by atoms with Crippen molar-refractivity contribution in [1.82, 2.24) is 5.32 Å². The Balaban J connectivity index is 2.00. The molecule has 1 heterocycles. The fraction of sp³-hybridized carbons (Fsp3) is 0.300. The van der Waals surface area contributed by atoms with Gasteiger partial charge < -0.3 is 25.2 Å². The van der Waals surface area contributed by atoms with E-state index in [1.54, 1.807) is 37.4 Å². The minimum Gasteiger partial charge on any atom is -0.482 e. The molecule has 3 N–H and O–H groups in total. The largest absolute Gasteiger partial charge is 0.482 e. The number of methoxy groups -OCH3 is 1. The molecule has 0 aliphatic carbocycles. The lowest BCUT2D eigenvalue weighted by molar-refractivity contribution is -0.385. The van der Waals surface area contributed by atoms with Gasteiger partial charge in [0.25, 0.3) is 5.69 Å². The van der Waals surface area contributed by atoms with Crippen molar-refractivity contribution in [2.75, 3.05) is 19.0 Å². The first-order valence-corrected chi connectivity index (χ1v) is 9.55. The Bertz CT molecular complexity index is 1040. The highest BCUT2D eigenvalue weighted by Gasteiger charge is 2.47. The van der Waals surface area contributed by atoms with Gasteiger partial charge in [0.2, 0.25) is 12.2 Å². The van der Waals surface area contributed by atoms with E-state index in [0.717, 1.165) is 0 Å². The lowest BCUT2D eigenvalue weighted by Gasteiger charge is -2.44. The van der Waals surface area contributed by atoms with Gasteiger partial charge in [0.1, 0.15) is 11.9 Å². The van der Waals surface area contributed by atoms with Crippen molar-refractivity contribution in [1.29, 1.82) is 5.26 Å². The van der Waals surface area contributed by atoms with Crippen LogP contribution < -0.4 is 15.4 Å². The van der Waals surface area contributed by atoms with Crippen molar-refractivity contribution in [3.05, 3.63) is 63.2 Å². The number of nitro groups is 1. The summed E-state index contributed by atoms with van der Waals surface area (Å²) in [5.41, 5.74) is -0.389. The highest BCUT2D eigenvalue weighted by atomic mass is 35.5. The first-order valence-electron chi connectivity index (χ1n) is 9.17. The summed E-state index contributed by atoms with van der Waals surface area (Å²) in [6.07, 6.45) is 0.498. The van der Waals surface area contributed by atoms with Gasteiger partial charge in [-0.05, 0) is 37.3 Å². The molecule has 162 valence electrons. The number of nitro benzene ring substituents is 1. The quantitative estimate of drug-likeness (QED) is 0.209. The highest BCUT2D eigenvalue weighted by Crippen LogP contribution is 2.41. The number of non-ortho nitro benzene ring substituents is 1. The summed E-state index contributed by atoms with van der Waals surface area (Å²) in [6, 6.07) is 9.89. The summed E-state index contributed by atoms with van der Waals surface area (Å²) in [6.45, 7) is 1.71. The molecule has 2 aromatic rings. The number of aliphatic hydroxyl groups is 1. The summed E-state index contributed by atoms with van der Waals surface area (Å²) >= 11 is 5.90. The van der Waals surface area contributed by atoms with E-state index in [4.69, 9.17) is 26.3 Å². The molecule has 0 fully saturated rings. The highest BCUT2D eigenvalue weighted by molar-refractivity contribution is 6.30. The maximum absolute atomic E-state index is 11.3. The van der Waals surface area contributed by atoms with E-state index >= 15 is 0 Å². The van der Waals surface area contributed by atoms with Gasteiger partial charge in [-0.3, -0.25) is 10.1 Å². The lowest BCUT2D eigenvalue weighted by Crippen LogP contribution is -2.58. The molecular weight excluding hydrogens is 426 g/mol. The van der Waals surface area contributed by atoms with Gasteiger partial charge in [-0.15, -0.1) is 4.99 Å². The number of nitrogens with one attached hydrogen (secondary N) is 2. The van der Waals surface area contributed by atoms with E-state index < -0.39 is 22.7 Å². The van der Waals surface area contributed by atoms with E-state index in [1.807, 2.05) is 0 Å². The number of benzene rings is 2. The van der Waals surface area contributed by atoms with Gasteiger partial charge in [0.05, 0.1) is 17.6 Å². The van der Waals surface area contributed by atoms with Gasteiger partial charge in [-0.25, -0.2) is 0 Å². The molecule has 0 spiro atoms. The number of halogens is 1. The Hall–Kier alpha value is -3.39. The maximum Gasteiger partial charge on any atom is 0.270 e. The molecule has 0 unspecified atom stereocenters. The van der Waals surface area contributed by atoms with Crippen LogP contribution >= 0.6 is 11.6 Å². The standard InChI is InChI=1S/C20H20ClN5O5/c1-20(10-30-2)18(27)17(15-9-14(26(28)29)7-8-16(15)31-20)25-19(23-11-22)24-13-5-3-12(21)4-6-13/h3-9,17-18,27H,10H2,1-2H3,(H2,23,24,25)/t17-,18+,20+/m0/s1. The van der Waals surface area contributed by atoms with E-state index in [0.29, 0.717) is 22.0 Å². The molecule has 0 radical (unpaired) electrons. The van der Waals surface area contributed by atoms with Gasteiger partial charge in [0, 0.05) is 35.5 Å². The number of nitrogens with zero attached hydrogens (tertiary/aromatic N) is 3. The Morgan fingerprint density at radius 3 is 2.74 bits per heavy atom. The third-order valence-corrected chi connectivity index (χ3v) is 5.07. The number of guanidine groups is 1. The topological polar surface area (TPSA) is 142 Å². The van der Waals surface area contributed by atoms with E-state index in [-0.39, 0.29) is 18.3 Å². The zero-order chi connectivity index (χ0) is 22.6. The Labute approximate surface area is 183 Å². The molecule has 31 heavy (non-hydrogen) atoms. The molecular formula is C20H20ClN5O5. The van der Waals surface area contributed by atoms with Crippen LogP contribution in [0.3, 0.4) is 0 Å². The van der Waals surface area contributed by atoms with Crippen LogP contribution in [0.25, 0.3) is 0 Å². The lowest BCUT2D eigenvalue weighted by atomic mass is 9.85. The van der Waals surface area contributed by atoms with Crippen molar-refractivity contribution in [3.8, 4) is 11.9 Å². The molecule has 0 saturated carbocycles. The van der Waals surface area contributed by atoms with Gasteiger partial charge in [-0.1, -0.05) is 11.6 Å². The molecule has 1 aliphatic rings. The summed E-state index contributed by atoms with van der Waals surface area (Å²) in [5, 5.41) is 37.9. The van der Waals surface area contributed by atoms with Crippen LogP contribution in [0.15, 0.2) is 47.5 Å². The first kappa shape index (κ1) is 22.3. The van der Waals surface area contributed by atoms with Crippen LogP contribution in [0.1, 0.15) is 18.5 Å². The normalized spacial score (nSPS) is 22.6. The van der Waals surface area contributed by atoms with Crippen molar-refractivity contribution < 1.29 is 19.5 Å². The molecule has 3 atom stereocenters. The smallest absolute Gasteiger partial charge is 0.270 e. The average Bonchev–Trinajstić information content (AvgIpc) is 2.73. The molecule has 11 heteroatoms. The summed E-state index contributed by atoms with van der Waals surface area (Å²) in [5.74, 6) is 0.378. The van der Waals surface area contributed by atoms with Crippen molar-refractivity contribution in [3.63, 3.8) is 0 Å². The second kappa shape index (κ2) is 9.18. The Morgan fingerprint density at radius 1 is 1.42 bits per heavy atom. The number of rotatable bonds is 5. The Morgan fingerprint density at radius 2 is 2.13 bits per heavy atom. The first-order chi connectivity index (χ1) is 14.8. The fourth-order valence-corrected chi connectivity index (χ4v) is 3.47. The van der Waals surface area contributed by atoms with E-state index in [1.165, 1.54) is 25.3 Å². The minimum absolute atomic E-state index is 0.0352. The number of nitriles is 1. The second-order valence-corrected chi connectivity index (χ2v) is 7.52. The molecule has 0 bridgehead atoms. The number of aliphatic imine (C=N–C) groups is 1. The number of hydrogen-bond acceptors (Lipinski definition) is 7. The fourth-order valence-electron chi connectivity index (χ4n) is 3.34. The van der Waals surface area contributed by atoms with Gasteiger partial charge >= 0.3 is 0 Å². The third kappa shape index (κ3) is 4.86. The molecule has 3 rings (SSSR count). The van der Waals surface area contributed by atoms with Crippen LogP contribution in [0.5, 0.6) is 5.75 Å². The molecule has 0 amide bonds. The zero-order valence-electron chi connectivity index (χ0n) is 16.7. The minimum atomic E-state index is -1.20. The molecule has 1 aliphatic heterocycles. The summed E-state index contributed by atoms with van der Waals surface area (Å²) in [7, 11) is 1.47. The van der Waals surface area contributed by atoms with Crippen molar-refractivity contribution in [2.45, 2.75) is 24.7 Å². The molecule has 2 aromatic carbocycles. The van der Waals surface area contributed by atoms with Gasteiger partial charge in [-0.2, -0.15) is 5.26 Å². The van der Waals surface area contributed by atoms with E-state index in [9.17, 15) is 15.2 Å². The molecule has 0 saturated heterocycles. The third-order valence-electron chi connectivity index (χ3n) is 4.82. The zero-order valence-corrected chi connectivity index (χ0v) is 17.5. The summed E-state index contributed by atoms with van der Waals surface area (Å²) < 4.78 is 11.1. The van der Waals surface area contributed by atoms with Crippen LogP contribution in [-0.2, 0) is 4.74 Å². The van der Waals surface area contributed by atoms with Crippen molar-refractivity contribution >= 4 is 28.9 Å². The second-order valence-electron chi connectivity index (χ2n) is 7.09. The van der Waals surface area contributed by atoms with Crippen LogP contribution in [0.4, 0.5) is 11.4 Å². The predicted octanol–water partition coefficient (Wildman–Crippen LogP) is 2.99. The molecule has 10 nitrogen and oxygen atoms in total. The average molecular weight is 446 g/mol. The number of fused-ring (bicyclic) bond motifs is 1. The van der Waals surface area contributed by atoms with Crippen LogP contribution in [0.2, 0.25) is 5.02 Å².